The number of nitrogens with zero attached hydrogens (tertiary/aromatic N) is 2. The topological polar surface area (TPSA) is 124 Å². The molecule has 0 saturated carbocycles. The van der Waals surface area contributed by atoms with Gasteiger partial charge in [-0.05, 0) is 74.7 Å². The van der Waals surface area contributed by atoms with E-state index >= 15 is 0 Å². The van der Waals surface area contributed by atoms with E-state index in [4.69, 9.17) is 21.1 Å². The third-order valence-electron chi connectivity index (χ3n) is 7.61. The number of hydrogen-bond donors (Lipinski definition) is 1. The Kier molecular flexibility index (Phi) is 9.38. The van der Waals surface area contributed by atoms with Crippen LogP contribution in [-0.4, -0.2) is 64.5 Å². The summed E-state index contributed by atoms with van der Waals surface area (Å²) in [7, 11) is -8.34. The zero-order valence-corrected chi connectivity index (χ0v) is 27.1. The fraction of sp³-hybridized carbons (Fsp3) is 0.323. The summed E-state index contributed by atoms with van der Waals surface area (Å²) in [5.41, 5.74) is 3.48. The molecule has 1 saturated heterocycles. The molecule has 5 rings (SSSR count). The van der Waals surface area contributed by atoms with E-state index in [-0.39, 0.29) is 41.7 Å². The fourth-order valence-electron chi connectivity index (χ4n) is 5.38. The predicted octanol–water partition coefficient (Wildman–Crippen LogP) is 4.83. The number of rotatable bonds is 10. The van der Waals surface area contributed by atoms with Crippen LogP contribution in [0.2, 0.25) is 5.02 Å². The van der Waals surface area contributed by atoms with Crippen LogP contribution in [0.1, 0.15) is 33.6 Å². The molecule has 0 atom stereocenters. The van der Waals surface area contributed by atoms with Gasteiger partial charge in [0.05, 0.1) is 35.2 Å². The largest absolute Gasteiger partial charge is 0.494 e. The molecule has 0 spiro atoms. The van der Waals surface area contributed by atoms with Gasteiger partial charge in [-0.15, -0.1) is 0 Å². The van der Waals surface area contributed by atoms with Crippen LogP contribution in [0.15, 0.2) is 70.5 Å². The SMILES string of the molecule is Cc1cc(OCCCn2c(C)c(C(=O)NS(=O)(=O)c3cccc(S(=O)(=O)N4CCOCC4)c3)c3ccccc32)cc(C)c1Cl. The standard InChI is InChI=1S/C31H34ClN3O7S2/c1-21-18-24(19-22(2)30(21)32)42-15-7-12-35-23(3)29(27-10-4-5-11-28(27)35)31(36)33-43(37,38)25-8-6-9-26(20-25)44(39,40)34-13-16-41-17-14-34/h4-6,8-11,18-20H,7,12-17H2,1-3H3,(H,33,36). The lowest BCUT2D eigenvalue weighted by molar-refractivity contribution is 0.0730. The lowest BCUT2D eigenvalue weighted by atomic mass is 10.1. The number of sulfonamides is 2. The van der Waals surface area contributed by atoms with E-state index in [0.29, 0.717) is 35.7 Å². The second kappa shape index (κ2) is 12.9. The summed E-state index contributed by atoms with van der Waals surface area (Å²) in [6, 6.07) is 16.1. The van der Waals surface area contributed by atoms with Crippen molar-refractivity contribution in [2.45, 2.75) is 43.5 Å². The van der Waals surface area contributed by atoms with Gasteiger partial charge in [-0.2, -0.15) is 4.31 Å². The van der Waals surface area contributed by atoms with Crippen molar-refractivity contribution in [2.24, 2.45) is 0 Å². The summed E-state index contributed by atoms with van der Waals surface area (Å²) >= 11 is 6.26. The molecule has 1 N–H and O–H groups in total. The van der Waals surface area contributed by atoms with Crippen molar-refractivity contribution in [3.8, 4) is 5.75 Å². The van der Waals surface area contributed by atoms with E-state index in [0.717, 1.165) is 28.5 Å². The molecule has 44 heavy (non-hydrogen) atoms. The number of benzene rings is 3. The number of carbonyl (C=O) groups excluding carboxylic acids is 1. The van der Waals surface area contributed by atoms with E-state index in [9.17, 15) is 21.6 Å². The summed E-state index contributed by atoms with van der Waals surface area (Å²) in [6.07, 6.45) is 0.629. The van der Waals surface area contributed by atoms with Crippen molar-refractivity contribution in [1.82, 2.24) is 13.6 Å². The normalized spacial score (nSPS) is 14.5. The van der Waals surface area contributed by atoms with Crippen LogP contribution in [0.25, 0.3) is 10.9 Å². The van der Waals surface area contributed by atoms with Gasteiger partial charge in [-0.1, -0.05) is 35.9 Å². The molecular weight excluding hydrogens is 626 g/mol. The van der Waals surface area contributed by atoms with Gasteiger partial charge >= 0.3 is 0 Å². The molecular formula is C31H34ClN3O7S2. The first kappa shape index (κ1) is 32.0. The van der Waals surface area contributed by atoms with Gasteiger partial charge < -0.3 is 14.0 Å². The van der Waals surface area contributed by atoms with Crippen molar-refractivity contribution < 1.29 is 31.1 Å². The number of aryl methyl sites for hydroxylation is 3. The van der Waals surface area contributed by atoms with Crippen LogP contribution in [0, 0.1) is 20.8 Å². The summed E-state index contributed by atoms with van der Waals surface area (Å²) < 4.78 is 69.5. The number of ether oxygens (including phenoxy) is 2. The Labute approximate surface area is 262 Å². The van der Waals surface area contributed by atoms with Crippen molar-refractivity contribution in [3.63, 3.8) is 0 Å². The Bertz CT molecular complexity index is 1910. The van der Waals surface area contributed by atoms with Gasteiger partial charge in [0.1, 0.15) is 5.75 Å². The highest BCUT2D eigenvalue weighted by molar-refractivity contribution is 7.90. The van der Waals surface area contributed by atoms with Gasteiger partial charge in [-0.3, -0.25) is 4.79 Å². The van der Waals surface area contributed by atoms with Crippen molar-refractivity contribution in [2.75, 3.05) is 32.9 Å². The highest BCUT2D eigenvalue weighted by Gasteiger charge is 2.29. The number of aromatic nitrogens is 1. The molecule has 1 aliphatic heterocycles. The quantitative estimate of drug-likeness (QED) is 0.242. The monoisotopic (exact) mass is 659 g/mol. The number of carbonyl (C=O) groups is 1. The van der Waals surface area contributed by atoms with E-state index in [1.165, 1.54) is 22.5 Å². The summed E-state index contributed by atoms with van der Waals surface area (Å²) in [6.45, 7) is 7.43. The average molecular weight is 660 g/mol. The molecule has 2 heterocycles. The number of nitrogens with one attached hydrogen (secondary N) is 1. The first-order valence-corrected chi connectivity index (χ1v) is 17.4. The molecule has 4 aromatic rings. The molecule has 0 bridgehead atoms. The third kappa shape index (κ3) is 6.50. The first-order chi connectivity index (χ1) is 20.9. The van der Waals surface area contributed by atoms with Crippen LogP contribution >= 0.6 is 11.6 Å². The second-order valence-electron chi connectivity index (χ2n) is 10.6. The van der Waals surface area contributed by atoms with Crippen LogP contribution in [0.5, 0.6) is 5.75 Å². The molecule has 234 valence electrons. The van der Waals surface area contributed by atoms with Crippen molar-refractivity contribution in [1.29, 1.82) is 0 Å². The molecule has 1 aromatic heterocycles. The molecule has 1 fully saturated rings. The Hall–Kier alpha value is -3.42. The van der Waals surface area contributed by atoms with Gasteiger partial charge in [0.25, 0.3) is 15.9 Å². The molecule has 0 radical (unpaired) electrons. The van der Waals surface area contributed by atoms with Gasteiger partial charge in [0.15, 0.2) is 0 Å². The molecule has 10 nitrogen and oxygen atoms in total. The van der Waals surface area contributed by atoms with Crippen LogP contribution < -0.4 is 9.46 Å². The minimum Gasteiger partial charge on any atom is -0.494 e. The number of fused-ring (bicyclic) bond motifs is 1. The predicted molar refractivity (Wildman–Crippen MR) is 168 cm³/mol. The summed E-state index contributed by atoms with van der Waals surface area (Å²) in [4.78, 5) is 13.0. The Morgan fingerprint density at radius 2 is 1.59 bits per heavy atom. The molecule has 13 heteroatoms. The Balaban J connectivity index is 1.34. The number of hydrogen-bond acceptors (Lipinski definition) is 7. The van der Waals surface area contributed by atoms with Gasteiger partial charge in [-0.25, -0.2) is 21.6 Å². The molecule has 0 unspecified atom stereocenters. The third-order valence-corrected chi connectivity index (χ3v) is 11.4. The highest BCUT2D eigenvalue weighted by atomic mass is 35.5. The van der Waals surface area contributed by atoms with E-state index in [2.05, 4.69) is 4.72 Å². The first-order valence-electron chi connectivity index (χ1n) is 14.1. The molecule has 1 amide bonds. The number of amides is 1. The maximum absolute atomic E-state index is 13.5. The number of morpholine rings is 1. The molecule has 0 aliphatic carbocycles. The summed E-state index contributed by atoms with van der Waals surface area (Å²) in [5, 5.41) is 1.32. The number of para-hydroxylation sites is 1. The van der Waals surface area contributed by atoms with Crippen LogP contribution in [0.4, 0.5) is 0 Å². The van der Waals surface area contributed by atoms with Gasteiger partial charge in [0, 0.05) is 41.3 Å². The van der Waals surface area contributed by atoms with Crippen LogP contribution in [0.3, 0.4) is 0 Å². The fourth-order valence-corrected chi connectivity index (χ4v) is 8.02. The molecule has 3 aromatic carbocycles. The maximum Gasteiger partial charge on any atom is 0.267 e. The van der Waals surface area contributed by atoms with E-state index < -0.39 is 26.0 Å². The average Bonchev–Trinajstić information content (AvgIpc) is 3.29. The lowest BCUT2D eigenvalue weighted by Gasteiger charge is -2.26. The lowest BCUT2D eigenvalue weighted by Crippen LogP contribution is -2.40. The second-order valence-corrected chi connectivity index (χ2v) is 14.6. The zero-order chi connectivity index (χ0) is 31.6. The maximum atomic E-state index is 13.5. The smallest absolute Gasteiger partial charge is 0.267 e. The Morgan fingerprint density at radius 1 is 0.932 bits per heavy atom. The van der Waals surface area contributed by atoms with Crippen molar-refractivity contribution >= 4 is 48.5 Å². The Morgan fingerprint density at radius 3 is 2.30 bits per heavy atom. The van der Waals surface area contributed by atoms with Gasteiger partial charge in [0.2, 0.25) is 10.0 Å². The highest BCUT2D eigenvalue weighted by Crippen LogP contribution is 2.28. The zero-order valence-electron chi connectivity index (χ0n) is 24.7. The summed E-state index contributed by atoms with van der Waals surface area (Å²) in [5.74, 6) is -0.0761. The van der Waals surface area contributed by atoms with E-state index in [1.807, 2.05) is 42.7 Å². The number of halogens is 1. The minimum absolute atomic E-state index is 0.173. The van der Waals surface area contributed by atoms with E-state index in [1.54, 1.807) is 19.1 Å². The molecule has 1 aliphatic rings. The van der Waals surface area contributed by atoms with Crippen molar-refractivity contribution in [3.05, 3.63) is 88.1 Å². The van der Waals surface area contributed by atoms with Crippen LogP contribution in [-0.2, 0) is 31.3 Å². The minimum atomic E-state index is -4.40.